The number of methoxy groups -OCH3 is 1. The molecule has 1 amide bonds. The lowest BCUT2D eigenvalue weighted by molar-refractivity contribution is 0.0764. The number of rotatable bonds is 5. The number of oxazole rings is 1. The molecule has 0 radical (unpaired) electrons. The first-order chi connectivity index (χ1) is 15.6. The van der Waals surface area contributed by atoms with Crippen LogP contribution in [0.25, 0.3) is 0 Å². The minimum Gasteiger partial charge on any atom is -0.481 e. The van der Waals surface area contributed by atoms with Gasteiger partial charge in [-0.25, -0.2) is 15.0 Å². The Balaban J connectivity index is 1.22. The van der Waals surface area contributed by atoms with Crippen molar-refractivity contribution in [3.63, 3.8) is 0 Å². The van der Waals surface area contributed by atoms with Crippen molar-refractivity contribution in [3.05, 3.63) is 53.6 Å². The number of carbonyl (C=O) groups excluding carboxylic acids is 1. The molecule has 0 N–H and O–H groups in total. The van der Waals surface area contributed by atoms with Crippen molar-refractivity contribution >= 4 is 11.6 Å². The van der Waals surface area contributed by atoms with Crippen LogP contribution >= 0.6 is 0 Å². The monoisotopic (exact) mass is 436 g/mol. The number of nitrogens with zero attached hydrogens (tertiary/aromatic N) is 6. The second-order valence-electron chi connectivity index (χ2n) is 7.97. The third-order valence-corrected chi connectivity index (χ3v) is 5.84. The van der Waals surface area contributed by atoms with Crippen LogP contribution in [0.2, 0.25) is 0 Å². The maximum atomic E-state index is 12.4. The Morgan fingerprint density at radius 1 is 1.22 bits per heavy atom. The standard InChI is InChI=1S/C22H24N6O4/c1-14-7-16(9-23-20(14)30-2)27-6-4-18-15(10-27)8-24-22(26-18)32-17-3-5-28(11-17)21(29)19-12-31-13-25-19/h7-9,12-13,17H,3-6,10-11H2,1-2H3/t17-/m0/s1. The Hall–Kier alpha value is -3.69. The number of fused-ring (bicyclic) bond motifs is 1. The predicted octanol–water partition coefficient (Wildman–Crippen LogP) is 2.03. The molecule has 166 valence electrons. The van der Waals surface area contributed by atoms with Gasteiger partial charge in [-0.1, -0.05) is 0 Å². The Bertz CT molecular complexity index is 1120. The quantitative estimate of drug-likeness (QED) is 0.594. The molecular formula is C22H24N6O4. The molecule has 3 aromatic heterocycles. The Labute approximate surface area is 185 Å². The van der Waals surface area contributed by atoms with E-state index in [9.17, 15) is 4.79 Å². The highest BCUT2D eigenvalue weighted by molar-refractivity contribution is 5.92. The first-order valence-electron chi connectivity index (χ1n) is 10.5. The highest BCUT2D eigenvalue weighted by atomic mass is 16.5. The lowest BCUT2D eigenvalue weighted by atomic mass is 10.1. The topological polar surface area (TPSA) is 107 Å². The average molecular weight is 436 g/mol. The van der Waals surface area contributed by atoms with E-state index in [-0.39, 0.29) is 12.0 Å². The van der Waals surface area contributed by atoms with Gasteiger partial charge >= 0.3 is 6.01 Å². The van der Waals surface area contributed by atoms with E-state index in [1.165, 1.54) is 12.7 Å². The van der Waals surface area contributed by atoms with Gasteiger partial charge in [0.25, 0.3) is 5.91 Å². The molecule has 0 spiro atoms. The van der Waals surface area contributed by atoms with E-state index in [2.05, 4.69) is 30.9 Å². The number of aryl methyl sites for hydroxylation is 1. The van der Waals surface area contributed by atoms with Gasteiger partial charge < -0.3 is 23.7 Å². The summed E-state index contributed by atoms with van der Waals surface area (Å²) in [5.41, 5.74) is 4.44. The summed E-state index contributed by atoms with van der Waals surface area (Å²) in [6.07, 6.45) is 7.66. The molecule has 1 saturated heterocycles. The number of aromatic nitrogens is 4. The molecule has 3 aromatic rings. The fourth-order valence-electron chi connectivity index (χ4n) is 4.15. The molecule has 0 aliphatic carbocycles. The summed E-state index contributed by atoms with van der Waals surface area (Å²) in [5, 5.41) is 0. The summed E-state index contributed by atoms with van der Waals surface area (Å²) in [5.74, 6) is 0.490. The zero-order chi connectivity index (χ0) is 22.1. The van der Waals surface area contributed by atoms with Crippen LogP contribution in [0.15, 0.2) is 35.5 Å². The molecular weight excluding hydrogens is 412 g/mol. The lowest BCUT2D eigenvalue weighted by Gasteiger charge is -2.30. The van der Waals surface area contributed by atoms with Crippen molar-refractivity contribution in [3.8, 4) is 11.9 Å². The van der Waals surface area contributed by atoms with Crippen LogP contribution in [0.4, 0.5) is 5.69 Å². The number of ether oxygens (including phenoxy) is 2. The van der Waals surface area contributed by atoms with E-state index in [4.69, 9.17) is 13.9 Å². The second-order valence-corrected chi connectivity index (χ2v) is 7.97. The SMILES string of the molecule is COc1ncc(N2CCc3nc(O[C@H]4CCN(C(=O)c5cocn5)C4)ncc3C2)cc1C. The van der Waals surface area contributed by atoms with Gasteiger partial charge in [-0.3, -0.25) is 4.79 Å². The summed E-state index contributed by atoms with van der Waals surface area (Å²) in [6, 6.07) is 2.45. The number of likely N-dealkylation sites (tertiary alicyclic amines) is 1. The third-order valence-electron chi connectivity index (χ3n) is 5.84. The number of hydrogen-bond donors (Lipinski definition) is 0. The molecule has 1 atom stereocenters. The summed E-state index contributed by atoms with van der Waals surface area (Å²) < 4.78 is 16.2. The van der Waals surface area contributed by atoms with Gasteiger partial charge in [0, 0.05) is 49.8 Å². The number of hydrogen-bond acceptors (Lipinski definition) is 9. The first-order valence-corrected chi connectivity index (χ1v) is 10.5. The smallest absolute Gasteiger partial charge is 0.316 e. The summed E-state index contributed by atoms with van der Waals surface area (Å²) >= 11 is 0. The second kappa shape index (κ2) is 8.45. The maximum Gasteiger partial charge on any atom is 0.316 e. The van der Waals surface area contributed by atoms with Crippen molar-refractivity contribution in [1.29, 1.82) is 0 Å². The van der Waals surface area contributed by atoms with Crippen LogP contribution < -0.4 is 14.4 Å². The number of carbonyl (C=O) groups is 1. The Morgan fingerprint density at radius 3 is 2.91 bits per heavy atom. The van der Waals surface area contributed by atoms with Crippen LogP contribution in [0.5, 0.6) is 11.9 Å². The van der Waals surface area contributed by atoms with E-state index >= 15 is 0 Å². The molecule has 5 heterocycles. The summed E-state index contributed by atoms with van der Waals surface area (Å²) in [7, 11) is 1.63. The minimum atomic E-state index is -0.153. The van der Waals surface area contributed by atoms with Gasteiger partial charge in [-0.2, -0.15) is 4.98 Å². The zero-order valence-corrected chi connectivity index (χ0v) is 18.0. The molecule has 0 bridgehead atoms. The lowest BCUT2D eigenvalue weighted by Crippen LogP contribution is -2.32. The molecule has 2 aliphatic heterocycles. The molecule has 0 unspecified atom stereocenters. The average Bonchev–Trinajstić information content (AvgIpc) is 3.51. The first kappa shape index (κ1) is 20.2. The van der Waals surface area contributed by atoms with Crippen LogP contribution in [-0.4, -0.2) is 63.6 Å². The predicted molar refractivity (Wildman–Crippen MR) is 114 cm³/mol. The van der Waals surface area contributed by atoms with Gasteiger partial charge in [0.05, 0.1) is 31.2 Å². The van der Waals surface area contributed by atoms with Crippen LogP contribution in [-0.2, 0) is 13.0 Å². The summed E-state index contributed by atoms with van der Waals surface area (Å²) in [4.78, 5) is 33.7. The maximum absolute atomic E-state index is 12.4. The van der Waals surface area contributed by atoms with E-state index in [0.717, 1.165) is 41.9 Å². The highest BCUT2D eigenvalue weighted by Gasteiger charge is 2.30. The number of anilines is 1. The normalized spacial score (nSPS) is 17.9. The molecule has 10 nitrogen and oxygen atoms in total. The fraction of sp³-hybridized carbons (Fsp3) is 0.409. The van der Waals surface area contributed by atoms with Gasteiger partial charge in [-0.05, 0) is 13.0 Å². The molecule has 5 rings (SSSR count). The van der Waals surface area contributed by atoms with Gasteiger partial charge in [0.1, 0.15) is 12.4 Å². The van der Waals surface area contributed by atoms with Gasteiger partial charge in [0.2, 0.25) is 5.88 Å². The van der Waals surface area contributed by atoms with Crippen molar-refractivity contribution in [2.45, 2.75) is 32.4 Å². The number of amides is 1. The molecule has 10 heteroatoms. The number of pyridine rings is 1. The fourth-order valence-corrected chi connectivity index (χ4v) is 4.15. The van der Waals surface area contributed by atoms with Gasteiger partial charge in [-0.15, -0.1) is 0 Å². The zero-order valence-electron chi connectivity index (χ0n) is 18.0. The third kappa shape index (κ3) is 3.95. The van der Waals surface area contributed by atoms with Crippen molar-refractivity contribution in [1.82, 2.24) is 24.8 Å². The molecule has 1 fully saturated rings. The largest absolute Gasteiger partial charge is 0.481 e. The van der Waals surface area contributed by atoms with Crippen LogP contribution in [0.1, 0.15) is 33.7 Å². The van der Waals surface area contributed by atoms with E-state index < -0.39 is 0 Å². The molecule has 32 heavy (non-hydrogen) atoms. The molecule has 2 aliphatic rings. The van der Waals surface area contributed by atoms with Crippen LogP contribution in [0, 0.1) is 6.92 Å². The van der Waals surface area contributed by atoms with E-state index in [1.807, 2.05) is 19.3 Å². The van der Waals surface area contributed by atoms with Crippen molar-refractivity contribution in [2.75, 3.05) is 31.6 Å². The minimum absolute atomic E-state index is 0.141. The van der Waals surface area contributed by atoms with Crippen molar-refractivity contribution < 1.29 is 18.7 Å². The summed E-state index contributed by atoms with van der Waals surface area (Å²) in [6.45, 7) is 4.62. The highest BCUT2D eigenvalue weighted by Crippen LogP contribution is 2.27. The van der Waals surface area contributed by atoms with Crippen LogP contribution in [0.3, 0.4) is 0 Å². The Morgan fingerprint density at radius 2 is 2.12 bits per heavy atom. The Kier molecular flexibility index (Phi) is 5.34. The van der Waals surface area contributed by atoms with Crippen molar-refractivity contribution in [2.24, 2.45) is 0 Å². The van der Waals surface area contributed by atoms with E-state index in [1.54, 1.807) is 12.0 Å². The van der Waals surface area contributed by atoms with Gasteiger partial charge in [0.15, 0.2) is 12.1 Å². The molecule has 0 saturated carbocycles. The van der Waals surface area contributed by atoms with E-state index in [0.29, 0.717) is 37.2 Å². The molecule has 0 aromatic carbocycles.